The van der Waals surface area contributed by atoms with Crippen LogP contribution in [0.3, 0.4) is 0 Å². The molecule has 0 radical (unpaired) electrons. The van der Waals surface area contributed by atoms with Crippen LogP contribution in [0.4, 0.5) is 0 Å². The molecule has 0 unspecified atom stereocenters. The van der Waals surface area contributed by atoms with Crippen LogP contribution in [0.15, 0.2) is 53.3 Å². The molecule has 2 N–H and O–H groups in total. The molecule has 0 bridgehead atoms. The SMILES string of the molecule is O=C(O)Cn1c2ccccc2c2nn(Cc3ccccc3C(=O)O)c(=O)nc21. The van der Waals surface area contributed by atoms with Crippen LogP contribution < -0.4 is 5.69 Å². The van der Waals surface area contributed by atoms with Gasteiger partial charge in [0.2, 0.25) is 0 Å². The van der Waals surface area contributed by atoms with Crippen LogP contribution in [0, 0.1) is 0 Å². The normalized spacial score (nSPS) is 11.1. The summed E-state index contributed by atoms with van der Waals surface area (Å²) in [5.41, 5.74) is 0.954. The number of aliphatic carboxylic acids is 1. The van der Waals surface area contributed by atoms with Crippen molar-refractivity contribution in [2.45, 2.75) is 13.1 Å². The summed E-state index contributed by atoms with van der Waals surface area (Å²) in [5, 5.41) is 23.5. The second-order valence-corrected chi connectivity index (χ2v) is 6.18. The Labute approximate surface area is 157 Å². The first kappa shape index (κ1) is 17.4. The van der Waals surface area contributed by atoms with E-state index in [1.165, 1.54) is 10.6 Å². The van der Waals surface area contributed by atoms with Gasteiger partial charge in [-0.15, -0.1) is 0 Å². The van der Waals surface area contributed by atoms with Gasteiger partial charge in [-0.1, -0.05) is 36.4 Å². The minimum atomic E-state index is -1.10. The highest BCUT2D eigenvalue weighted by molar-refractivity contribution is 6.04. The Balaban J connectivity index is 1.92. The number of benzene rings is 2. The van der Waals surface area contributed by atoms with Crippen LogP contribution in [0.1, 0.15) is 15.9 Å². The lowest BCUT2D eigenvalue weighted by atomic mass is 10.1. The maximum absolute atomic E-state index is 12.5. The number of hydrogen-bond donors (Lipinski definition) is 2. The number of carboxylic acid groups (broad SMARTS) is 2. The fourth-order valence-corrected chi connectivity index (χ4v) is 3.22. The van der Waals surface area contributed by atoms with Gasteiger partial charge in [0, 0.05) is 5.39 Å². The Kier molecular flexibility index (Phi) is 4.11. The molecule has 28 heavy (non-hydrogen) atoms. The number of nitrogens with zero attached hydrogens (tertiary/aromatic N) is 4. The van der Waals surface area contributed by atoms with Crippen molar-refractivity contribution in [2.75, 3.05) is 0 Å². The van der Waals surface area contributed by atoms with Crippen molar-refractivity contribution in [3.05, 3.63) is 70.1 Å². The lowest BCUT2D eigenvalue weighted by molar-refractivity contribution is -0.137. The zero-order chi connectivity index (χ0) is 19.8. The molecule has 0 aliphatic heterocycles. The topological polar surface area (TPSA) is 127 Å². The van der Waals surface area contributed by atoms with Crippen molar-refractivity contribution in [1.29, 1.82) is 0 Å². The second-order valence-electron chi connectivity index (χ2n) is 6.18. The highest BCUT2D eigenvalue weighted by Gasteiger charge is 2.18. The molecule has 4 rings (SSSR count). The zero-order valence-electron chi connectivity index (χ0n) is 14.4. The molecular weight excluding hydrogens is 364 g/mol. The van der Waals surface area contributed by atoms with Gasteiger partial charge in [0.05, 0.1) is 17.6 Å². The van der Waals surface area contributed by atoms with E-state index in [4.69, 9.17) is 0 Å². The first-order chi connectivity index (χ1) is 13.5. The van der Waals surface area contributed by atoms with Gasteiger partial charge in [0.25, 0.3) is 0 Å². The van der Waals surface area contributed by atoms with Crippen LogP contribution in [-0.2, 0) is 17.9 Å². The molecule has 0 aliphatic carbocycles. The predicted molar refractivity (Wildman–Crippen MR) is 99.4 cm³/mol. The Morgan fingerprint density at radius 1 is 1.00 bits per heavy atom. The van der Waals surface area contributed by atoms with Gasteiger partial charge in [0.15, 0.2) is 5.65 Å². The molecule has 0 saturated heterocycles. The van der Waals surface area contributed by atoms with Gasteiger partial charge in [-0.05, 0) is 17.7 Å². The smallest absolute Gasteiger partial charge is 0.366 e. The first-order valence-corrected chi connectivity index (χ1v) is 8.35. The van der Waals surface area contributed by atoms with Gasteiger partial charge in [0.1, 0.15) is 12.1 Å². The number of aromatic nitrogens is 4. The van der Waals surface area contributed by atoms with Crippen molar-refractivity contribution in [2.24, 2.45) is 0 Å². The number of fused-ring (bicyclic) bond motifs is 3. The van der Waals surface area contributed by atoms with E-state index in [1.807, 2.05) is 0 Å². The van der Waals surface area contributed by atoms with Crippen molar-refractivity contribution < 1.29 is 19.8 Å². The van der Waals surface area contributed by atoms with E-state index < -0.39 is 17.6 Å². The van der Waals surface area contributed by atoms with E-state index in [9.17, 15) is 24.6 Å². The summed E-state index contributed by atoms with van der Waals surface area (Å²) in [6, 6.07) is 13.4. The number of carbonyl (C=O) groups is 2. The van der Waals surface area contributed by atoms with Crippen molar-refractivity contribution >= 4 is 34.0 Å². The van der Waals surface area contributed by atoms with E-state index in [2.05, 4.69) is 10.1 Å². The largest absolute Gasteiger partial charge is 0.480 e. The number of rotatable bonds is 5. The third kappa shape index (κ3) is 2.88. The summed E-state index contributed by atoms with van der Waals surface area (Å²) in [6.07, 6.45) is 0. The summed E-state index contributed by atoms with van der Waals surface area (Å²) in [4.78, 5) is 39.2. The van der Waals surface area contributed by atoms with Crippen LogP contribution >= 0.6 is 0 Å². The van der Waals surface area contributed by atoms with Gasteiger partial charge >= 0.3 is 17.6 Å². The summed E-state index contributed by atoms with van der Waals surface area (Å²) < 4.78 is 2.51. The summed E-state index contributed by atoms with van der Waals surface area (Å²) >= 11 is 0. The van der Waals surface area contributed by atoms with Crippen LogP contribution in [0.5, 0.6) is 0 Å². The fourth-order valence-electron chi connectivity index (χ4n) is 3.22. The molecule has 0 saturated carbocycles. The van der Waals surface area contributed by atoms with Gasteiger partial charge in [-0.25, -0.2) is 14.3 Å². The van der Waals surface area contributed by atoms with Crippen LogP contribution in [-0.4, -0.2) is 41.5 Å². The summed E-state index contributed by atoms with van der Waals surface area (Å²) in [7, 11) is 0. The summed E-state index contributed by atoms with van der Waals surface area (Å²) in [6.45, 7) is -0.424. The quantitative estimate of drug-likeness (QED) is 0.540. The highest BCUT2D eigenvalue weighted by Crippen LogP contribution is 2.25. The number of hydrogen-bond acceptors (Lipinski definition) is 5. The van der Waals surface area contributed by atoms with Crippen molar-refractivity contribution in [3.63, 3.8) is 0 Å². The van der Waals surface area contributed by atoms with Gasteiger partial charge in [-0.2, -0.15) is 10.1 Å². The third-order valence-electron chi connectivity index (χ3n) is 4.42. The first-order valence-electron chi connectivity index (χ1n) is 8.35. The van der Waals surface area contributed by atoms with Crippen LogP contribution in [0.2, 0.25) is 0 Å². The van der Waals surface area contributed by atoms with Crippen LogP contribution in [0.25, 0.3) is 22.1 Å². The standard InChI is InChI=1S/C19H14N4O5/c24-15(25)10-22-14-8-4-3-7-13(14)16-17(22)20-19(28)23(21-16)9-11-5-1-2-6-12(11)18(26)27/h1-8H,9-10H2,(H,24,25)(H,26,27). The molecule has 140 valence electrons. The van der Waals surface area contributed by atoms with E-state index in [1.54, 1.807) is 42.5 Å². The van der Waals surface area contributed by atoms with E-state index in [0.29, 0.717) is 22.0 Å². The monoisotopic (exact) mass is 378 g/mol. The second kappa shape index (κ2) is 6.62. The Morgan fingerprint density at radius 3 is 2.46 bits per heavy atom. The number of carboxylic acids is 2. The average Bonchev–Trinajstić information content (AvgIpc) is 2.95. The Morgan fingerprint density at radius 2 is 1.71 bits per heavy atom. The summed E-state index contributed by atoms with van der Waals surface area (Å²) in [5.74, 6) is -2.17. The average molecular weight is 378 g/mol. The zero-order valence-corrected chi connectivity index (χ0v) is 14.4. The molecule has 2 aromatic carbocycles. The maximum atomic E-state index is 12.5. The van der Waals surface area contributed by atoms with E-state index in [0.717, 1.165) is 4.68 Å². The fraction of sp³-hybridized carbons (Fsp3) is 0.105. The highest BCUT2D eigenvalue weighted by atomic mass is 16.4. The predicted octanol–water partition coefficient (Wildman–Crippen LogP) is 1.58. The van der Waals surface area contributed by atoms with Crippen molar-refractivity contribution in [3.8, 4) is 0 Å². The van der Waals surface area contributed by atoms with Gasteiger partial charge < -0.3 is 14.8 Å². The minimum Gasteiger partial charge on any atom is -0.480 e. The molecule has 0 amide bonds. The molecule has 0 aliphatic rings. The molecular formula is C19H14N4O5. The Hall–Kier alpha value is -4.01. The molecule has 0 spiro atoms. The molecule has 2 heterocycles. The third-order valence-corrected chi connectivity index (χ3v) is 4.42. The molecule has 2 aromatic heterocycles. The minimum absolute atomic E-state index is 0.0668. The molecule has 9 nitrogen and oxygen atoms in total. The maximum Gasteiger partial charge on any atom is 0.366 e. The number of para-hydroxylation sites is 1. The van der Waals surface area contributed by atoms with Gasteiger partial charge in [-0.3, -0.25) is 4.79 Å². The molecule has 4 aromatic rings. The lowest BCUT2D eigenvalue weighted by Gasteiger charge is -2.08. The van der Waals surface area contributed by atoms with E-state index >= 15 is 0 Å². The molecule has 0 fully saturated rings. The molecule has 0 atom stereocenters. The van der Waals surface area contributed by atoms with Crippen molar-refractivity contribution in [1.82, 2.24) is 19.3 Å². The number of aromatic carboxylic acids is 1. The Bertz CT molecular complexity index is 1300. The van der Waals surface area contributed by atoms with E-state index in [-0.39, 0.29) is 24.3 Å². The lowest BCUT2D eigenvalue weighted by Crippen LogP contribution is -2.27. The molecule has 9 heteroatoms.